The monoisotopic (exact) mass is 527 g/mol. The van der Waals surface area contributed by atoms with Crippen molar-refractivity contribution in [3.8, 4) is 5.75 Å². The summed E-state index contributed by atoms with van der Waals surface area (Å²) in [6, 6.07) is 7.78. The van der Waals surface area contributed by atoms with Gasteiger partial charge in [-0.3, -0.25) is 9.48 Å². The van der Waals surface area contributed by atoms with Gasteiger partial charge in [-0.2, -0.15) is 5.10 Å². The first-order valence-electron chi connectivity index (χ1n) is 12.9. The molecule has 0 unspecified atom stereocenters. The number of alkyl carbamates (subject to hydrolysis) is 1. The fourth-order valence-electron chi connectivity index (χ4n) is 4.12. The standard InChI is InChI=1S/C29H45N5O4/c1-19(2)31-26(35)23(17-33(9)10)25-24(29(7,8)18-30-27(36)38-28(4,5)6)20(3)34(32-25)16-21-12-14-22(37-11)15-13-21/h12-15,17,19H,16,18H2,1-11H3,(H,30,36)(H,31,35)/b23-17-. The van der Waals surface area contributed by atoms with E-state index in [1.165, 1.54) is 0 Å². The molecule has 0 aliphatic carbocycles. The van der Waals surface area contributed by atoms with E-state index in [0.29, 0.717) is 24.4 Å². The molecule has 1 aromatic carbocycles. The third kappa shape index (κ3) is 8.53. The van der Waals surface area contributed by atoms with Crippen molar-refractivity contribution < 1.29 is 19.1 Å². The zero-order valence-electron chi connectivity index (χ0n) is 24.9. The Bertz CT molecular complexity index is 1140. The number of benzene rings is 1. The zero-order valence-corrected chi connectivity index (χ0v) is 24.9. The van der Waals surface area contributed by atoms with Crippen LogP contribution in [-0.4, -0.2) is 66.1 Å². The summed E-state index contributed by atoms with van der Waals surface area (Å²) in [6.45, 7) is 16.2. The molecule has 0 saturated heterocycles. The number of methoxy groups -OCH3 is 1. The SMILES string of the molecule is COc1ccc(Cn2nc(/C(=C/N(C)C)C(=O)NC(C)C)c(C(C)(C)CNC(=O)OC(C)(C)C)c2C)cc1. The van der Waals surface area contributed by atoms with Gasteiger partial charge >= 0.3 is 6.09 Å². The first kappa shape index (κ1) is 30.7. The molecule has 9 heteroatoms. The van der Waals surface area contributed by atoms with Gasteiger partial charge in [0.2, 0.25) is 0 Å². The first-order chi connectivity index (χ1) is 17.5. The van der Waals surface area contributed by atoms with Crippen LogP contribution in [0.2, 0.25) is 0 Å². The molecule has 2 amide bonds. The van der Waals surface area contributed by atoms with Crippen molar-refractivity contribution in [1.29, 1.82) is 0 Å². The Morgan fingerprint density at radius 1 is 1.11 bits per heavy atom. The van der Waals surface area contributed by atoms with Crippen LogP contribution in [0.1, 0.15) is 71.0 Å². The number of aromatic nitrogens is 2. The van der Waals surface area contributed by atoms with Crippen LogP contribution in [0.4, 0.5) is 4.79 Å². The summed E-state index contributed by atoms with van der Waals surface area (Å²) in [4.78, 5) is 27.7. The molecule has 0 bridgehead atoms. The smallest absolute Gasteiger partial charge is 0.407 e. The van der Waals surface area contributed by atoms with Crippen LogP contribution in [0.25, 0.3) is 5.57 Å². The van der Waals surface area contributed by atoms with Crippen LogP contribution in [0.3, 0.4) is 0 Å². The van der Waals surface area contributed by atoms with E-state index >= 15 is 0 Å². The Morgan fingerprint density at radius 3 is 2.21 bits per heavy atom. The largest absolute Gasteiger partial charge is 0.497 e. The van der Waals surface area contributed by atoms with Crippen LogP contribution in [0.15, 0.2) is 30.5 Å². The molecule has 0 fully saturated rings. The molecule has 2 aromatic rings. The molecule has 0 saturated carbocycles. The number of amides is 2. The average Bonchev–Trinajstić information content (AvgIpc) is 3.11. The van der Waals surface area contributed by atoms with Crippen LogP contribution >= 0.6 is 0 Å². The zero-order chi connectivity index (χ0) is 28.8. The number of carbonyl (C=O) groups excluding carboxylic acids is 2. The Kier molecular flexibility index (Phi) is 10.0. The van der Waals surface area contributed by atoms with Crippen molar-refractivity contribution in [1.82, 2.24) is 25.3 Å². The lowest BCUT2D eigenvalue weighted by atomic mass is 9.81. The second kappa shape index (κ2) is 12.4. The van der Waals surface area contributed by atoms with Gasteiger partial charge in [-0.1, -0.05) is 26.0 Å². The van der Waals surface area contributed by atoms with Gasteiger partial charge in [0.15, 0.2) is 0 Å². The van der Waals surface area contributed by atoms with Crippen molar-refractivity contribution in [3.63, 3.8) is 0 Å². The van der Waals surface area contributed by atoms with Gasteiger partial charge in [-0.15, -0.1) is 0 Å². The maximum atomic E-state index is 13.4. The fraction of sp³-hybridized carbons (Fsp3) is 0.552. The van der Waals surface area contributed by atoms with Crippen molar-refractivity contribution in [2.75, 3.05) is 27.7 Å². The van der Waals surface area contributed by atoms with Crippen molar-refractivity contribution in [2.45, 2.75) is 79.0 Å². The summed E-state index contributed by atoms with van der Waals surface area (Å²) in [5, 5.41) is 10.9. The average molecular weight is 528 g/mol. The van der Waals surface area contributed by atoms with Gasteiger partial charge in [0.25, 0.3) is 5.91 Å². The van der Waals surface area contributed by atoms with Gasteiger partial charge in [-0.05, 0) is 59.2 Å². The van der Waals surface area contributed by atoms with Gasteiger partial charge in [0.05, 0.1) is 19.2 Å². The summed E-state index contributed by atoms with van der Waals surface area (Å²) in [7, 11) is 5.39. The minimum absolute atomic E-state index is 0.0409. The van der Waals surface area contributed by atoms with E-state index in [0.717, 1.165) is 22.6 Å². The Balaban J connectivity index is 2.60. The highest BCUT2D eigenvalue weighted by atomic mass is 16.6. The van der Waals surface area contributed by atoms with Crippen molar-refractivity contribution >= 4 is 17.6 Å². The molecule has 2 N–H and O–H groups in total. The maximum absolute atomic E-state index is 13.4. The Morgan fingerprint density at radius 2 is 1.71 bits per heavy atom. The van der Waals surface area contributed by atoms with Gasteiger partial charge in [0.1, 0.15) is 17.0 Å². The number of nitrogens with zero attached hydrogens (tertiary/aromatic N) is 3. The number of hydrogen-bond donors (Lipinski definition) is 2. The fourth-order valence-corrected chi connectivity index (χ4v) is 4.12. The molecule has 0 atom stereocenters. The third-order valence-corrected chi connectivity index (χ3v) is 5.76. The van der Waals surface area contributed by atoms with Gasteiger partial charge < -0.3 is 25.0 Å². The second-order valence-electron chi connectivity index (χ2n) is 11.7. The molecule has 0 aliphatic rings. The molecule has 2 rings (SSSR count). The van der Waals surface area contributed by atoms with E-state index in [-0.39, 0.29) is 11.9 Å². The molecule has 0 aliphatic heterocycles. The summed E-state index contributed by atoms with van der Waals surface area (Å²) in [5.74, 6) is 0.572. The van der Waals surface area contributed by atoms with Crippen LogP contribution < -0.4 is 15.4 Å². The first-order valence-corrected chi connectivity index (χ1v) is 12.9. The van der Waals surface area contributed by atoms with E-state index < -0.39 is 17.1 Å². The van der Waals surface area contributed by atoms with Crippen LogP contribution in [0.5, 0.6) is 5.75 Å². The van der Waals surface area contributed by atoms with Crippen molar-refractivity contribution in [2.24, 2.45) is 0 Å². The molecule has 9 nitrogen and oxygen atoms in total. The summed E-state index contributed by atoms with van der Waals surface area (Å²) < 4.78 is 12.7. The molecule has 210 valence electrons. The van der Waals surface area contributed by atoms with E-state index in [2.05, 4.69) is 10.6 Å². The lowest BCUT2D eigenvalue weighted by Crippen LogP contribution is -2.40. The quantitative estimate of drug-likeness (QED) is 0.442. The lowest BCUT2D eigenvalue weighted by molar-refractivity contribution is -0.116. The lowest BCUT2D eigenvalue weighted by Gasteiger charge is -2.28. The van der Waals surface area contributed by atoms with Gasteiger partial charge in [0, 0.05) is 49.6 Å². The van der Waals surface area contributed by atoms with E-state index in [4.69, 9.17) is 14.6 Å². The van der Waals surface area contributed by atoms with Crippen LogP contribution in [-0.2, 0) is 21.5 Å². The van der Waals surface area contributed by atoms with E-state index in [1.807, 2.05) is 103 Å². The number of hydrogen-bond acceptors (Lipinski definition) is 6. The number of nitrogens with one attached hydrogen (secondary N) is 2. The van der Waals surface area contributed by atoms with Crippen molar-refractivity contribution in [3.05, 3.63) is 53.0 Å². The summed E-state index contributed by atoms with van der Waals surface area (Å²) in [5.41, 5.74) is 2.71. The maximum Gasteiger partial charge on any atom is 0.407 e. The summed E-state index contributed by atoms with van der Waals surface area (Å²) in [6.07, 6.45) is 1.30. The molecule has 1 heterocycles. The minimum atomic E-state index is -0.602. The molecule has 1 aromatic heterocycles. The predicted octanol–water partition coefficient (Wildman–Crippen LogP) is 4.48. The number of carbonyl (C=O) groups is 2. The number of ether oxygens (including phenoxy) is 2. The highest BCUT2D eigenvalue weighted by Crippen LogP contribution is 2.34. The topological polar surface area (TPSA) is 97.7 Å². The highest BCUT2D eigenvalue weighted by Gasteiger charge is 2.34. The summed E-state index contributed by atoms with van der Waals surface area (Å²) >= 11 is 0. The van der Waals surface area contributed by atoms with Gasteiger partial charge in [-0.25, -0.2) is 4.79 Å². The predicted molar refractivity (Wildman–Crippen MR) is 151 cm³/mol. The van der Waals surface area contributed by atoms with E-state index in [9.17, 15) is 9.59 Å². The number of rotatable bonds is 10. The molecular formula is C29H45N5O4. The minimum Gasteiger partial charge on any atom is -0.497 e. The highest BCUT2D eigenvalue weighted by molar-refractivity contribution is 6.19. The third-order valence-electron chi connectivity index (χ3n) is 5.76. The second-order valence-corrected chi connectivity index (χ2v) is 11.7. The van der Waals surface area contributed by atoms with E-state index in [1.54, 1.807) is 13.3 Å². The Hall–Kier alpha value is -3.49. The van der Waals surface area contributed by atoms with Crippen LogP contribution in [0, 0.1) is 6.92 Å². The molecule has 38 heavy (non-hydrogen) atoms. The Labute approximate surface area is 227 Å². The normalized spacial score (nSPS) is 12.4. The molecule has 0 spiro atoms. The molecule has 0 radical (unpaired) electrons. The molecular weight excluding hydrogens is 482 g/mol.